The van der Waals surface area contributed by atoms with Crippen molar-refractivity contribution >= 4 is 23.2 Å². The first-order chi connectivity index (χ1) is 8.13. The topological polar surface area (TPSA) is 47.6 Å². The van der Waals surface area contributed by atoms with Gasteiger partial charge in [-0.1, -0.05) is 11.6 Å². The number of anilines is 1. The zero-order valence-electron chi connectivity index (χ0n) is 9.33. The van der Waals surface area contributed by atoms with Crippen molar-refractivity contribution in [3.05, 3.63) is 29.0 Å². The van der Waals surface area contributed by atoms with Gasteiger partial charge in [0.15, 0.2) is 0 Å². The van der Waals surface area contributed by atoms with E-state index in [-0.39, 0.29) is 17.5 Å². The summed E-state index contributed by atoms with van der Waals surface area (Å²) < 4.78 is 22.6. The molecule has 0 aromatic heterocycles. The molecule has 1 aromatic carbocycles. The first kappa shape index (κ1) is 13.9. The quantitative estimate of drug-likeness (QED) is 0.798. The van der Waals surface area contributed by atoms with E-state index in [2.05, 4.69) is 5.32 Å². The Morgan fingerprint density at radius 2 is 2.24 bits per heavy atom. The maximum atomic E-state index is 12.8. The van der Waals surface area contributed by atoms with Gasteiger partial charge in [-0.05, 0) is 18.2 Å². The number of benzene rings is 1. The SMILES string of the molecule is COCCOCC(=O)Nc1ccc(F)c(Cl)c1. The van der Waals surface area contributed by atoms with Crippen molar-refractivity contribution in [2.24, 2.45) is 0 Å². The van der Waals surface area contributed by atoms with E-state index < -0.39 is 5.82 Å². The number of carbonyl (C=O) groups is 1. The Balaban J connectivity index is 2.37. The van der Waals surface area contributed by atoms with Gasteiger partial charge in [0.1, 0.15) is 12.4 Å². The van der Waals surface area contributed by atoms with Gasteiger partial charge in [0, 0.05) is 12.8 Å². The fraction of sp³-hybridized carbons (Fsp3) is 0.364. The Bertz CT molecular complexity index is 387. The van der Waals surface area contributed by atoms with Crippen LogP contribution in [0.4, 0.5) is 10.1 Å². The van der Waals surface area contributed by atoms with Crippen molar-refractivity contribution in [3.8, 4) is 0 Å². The molecule has 17 heavy (non-hydrogen) atoms. The molecule has 1 rings (SSSR count). The van der Waals surface area contributed by atoms with Crippen LogP contribution in [0.25, 0.3) is 0 Å². The van der Waals surface area contributed by atoms with Crippen molar-refractivity contribution in [1.82, 2.24) is 0 Å². The van der Waals surface area contributed by atoms with E-state index in [0.717, 1.165) is 0 Å². The van der Waals surface area contributed by atoms with Crippen LogP contribution in [0.1, 0.15) is 0 Å². The van der Waals surface area contributed by atoms with E-state index >= 15 is 0 Å². The highest BCUT2D eigenvalue weighted by atomic mass is 35.5. The second-order valence-electron chi connectivity index (χ2n) is 3.22. The summed E-state index contributed by atoms with van der Waals surface area (Å²) in [5, 5.41) is 2.49. The highest BCUT2D eigenvalue weighted by Crippen LogP contribution is 2.19. The zero-order chi connectivity index (χ0) is 12.7. The number of rotatable bonds is 6. The van der Waals surface area contributed by atoms with Gasteiger partial charge in [-0.25, -0.2) is 4.39 Å². The Morgan fingerprint density at radius 3 is 2.88 bits per heavy atom. The molecule has 0 bridgehead atoms. The van der Waals surface area contributed by atoms with Crippen molar-refractivity contribution < 1.29 is 18.7 Å². The molecule has 0 unspecified atom stereocenters. The van der Waals surface area contributed by atoms with Crippen LogP contribution >= 0.6 is 11.6 Å². The molecule has 0 aliphatic heterocycles. The largest absolute Gasteiger partial charge is 0.382 e. The van der Waals surface area contributed by atoms with Crippen LogP contribution < -0.4 is 5.32 Å². The fourth-order valence-electron chi connectivity index (χ4n) is 1.08. The van der Waals surface area contributed by atoms with E-state index in [1.165, 1.54) is 18.2 Å². The molecule has 4 nitrogen and oxygen atoms in total. The highest BCUT2D eigenvalue weighted by molar-refractivity contribution is 6.31. The summed E-state index contributed by atoms with van der Waals surface area (Å²) in [6, 6.07) is 3.95. The molecular weight excluding hydrogens is 249 g/mol. The van der Waals surface area contributed by atoms with E-state index in [9.17, 15) is 9.18 Å². The minimum Gasteiger partial charge on any atom is -0.382 e. The van der Waals surface area contributed by atoms with Gasteiger partial charge in [-0.3, -0.25) is 4.79 Å². The lowest BCUT2D eigenvalue weighted by Gasteiger charge is -2.06. The lowest BCUT2D eigenvalue weighted by Crippen LogP contribution is -2.19. The van der Waals surface area contributed by atoms with E-state index in [1.807, 2.05) is 0 Å². The molecule has 0 saturated heterocycles. The normalized spacial score (nSPS) is 10.3. The van der Waals surface area contributed by atoms with Crippen molar-refractivity contribution in [2.45, 2.75) is 0 Å². The molecule has 1 aromatic rings. The Hall–Kier alpha value is -1.17. The van der Waals surface area contributed by atoms with Gasteiger partial charge in [0.2, 0.25) is 5.91 Å². The third-order valence-corrected chi connectivity index (χ3v) is 2.16. The van der Waals surface area contributed by atoms with Crippen LogP contribution in [-0.2, 0) is 14.3 Å². The molecule has 94 valence electrons. The molecule has 1 amide bonds. The number of carbonyl (C=O) groups excluding carboxylic acids is 1. The first-order valence-corrected chi connectivity index (χ1v) is 5.33. The molecule has 0 fully saturated rings. The molecule has 0 aliphatic rings. The minimum absolute atomic E-state index is 0.0388. The minimum atomic E-state index is -0.527. The van der Waals surface area contributed by atoms with Gasteiger partial charge in [-0.2, -0.15) is 0 Å². The Labute approximate surface area is 104 Å². The molecule has 1 N–H and O–H groups in total. The molecule has 0 aliphatic carbocycles. The van der Waals surface area contributed by atoms with Crippen LogP contribution in [0.2, 0.25) is 5.02 Å². The molecular formula is C11H13ClFNO3. The molecule has 0 radical (unpaired) electrons. The van der Waals surface area contributed by atoms with Crippen molar-refractivity contribution in [1.29, 1.82) is 0 Å². The fourth-order valence-corrected chi connectivity index (χ4v) is 1.26. The number of ether oxygens (including phenoxy) is 2. The zero-order valence-corrected chi connectivity index (χ0v) is 10.1. The first-order valence-electron chi connectivity index (χ1n) is 4.95. The Morgan fingerprint density at radius 1 is 1.47 bits per heavy atom. The number of nitrogens with one attached hydrogen (secondary N) is 1. The predicted molar refractivity (Wildman–Crippen MR) is 62.7 cm³/mol. The summed E-state index contributed by atoms with van der Waals surface area (Å²) in [4.78, 5) is 11.4. The number of methoxy groups -OCH3 is 1. The lowest BCUT2D eigenvalue weighted by molar-refractivity contribution is -0.121. The summed E-state index contributed by atoms with van der Waals surface area (Å²) in [5.74, 6) is -0.857. The van der Waals surface area contributed by atoms with E-state index in [1.54, 1.807) is 7.11 Å². The predicted octanol–water partition coefficient (Wildman–Crippen LogP) is 2.08. The highest BCUT2D eigenvalue weighted by Gasteiger charge is 2.05. The maximum absolute atomic E-state index is 12.8. The average Bonchev–Trinajstić information content (AvgIpc) is 2.30. The molecule has 6 heteroatoms. The van der Waals surface area contributed by atoms with E-state index in [0.29, 0.717) is 18.9 Å². The van der Waals surface area contributed by atoms with Gasteiger partial charge in [0.25, 0.3) is 0 Å². The van der Waals surface area contributed by atoms with Crippen molar-refractivity contribution in [3.63, 3.8) is 0 Å². The van der Waals surface area contributed by atoms with Crippen LogP contribution in [0, 0.1) is 5.82 Å². The summed E-state index contributed by atoms with van der Waals surface area (Å²) in [7, 11) is 1.55. The third kappa shape index (κ3) is 5.12. The monoisotopic (exact) mass is 261 g/mol. The molecule has 0 atom stereocenters. The smallest absolute Gasteiger partial charge is 0.250 e. The number of hydrogen-bond donors (Lipinski definition) is 1. The van der Waals surface area contributed by atoms with Crippen LogP contribution in [0.5, 0.6) is 0 Å². The summed E-state index contributed by atoms with van der Waals surface area (Å²) in [5.41, 5.74) is 0.428. The van der Waals surface area contributed by atoms with Crippen LogP contribution in [-0.4, -0.2) is 32.8 Å². The van der Waals surface area contributed by atoms with Crippen LogP contribution in [0.3, 0.4) is 0 Å². The third-order valence-electron chi connectivity index (χ3n) is 1.87. The lowest BCUT2D eigenvalue weighted by atomic mass is 10.3. The molecule has 0 spiro atoms. The van der Waals surface area contributed by atoms with Gasteiger partial charge < -0.3 is 14.8 Å². The van der Waals surface area contributed by atoms with E-state index in [4.69, 9.17) is 21.1 Å². The number of hydrogen-bond acceptors (Lipinski definition) is 3. The van der Waals surface area contributed by atoms with Gasteiger partial charge in [0.05, 0.1) is 18.2 Å². The van der Waals surface area contributed by atoms with Gasteiger partial charge >= 0.3 is 0 Å². The number of amides is 1. The second kappa shape index (κ2) is 7.21. The van der Waals surface area contributed by atoms with Crippen LogP contribution in [0.15, 0.2) is 18.2 Å². The second-order valence-corrected chi connectivity index (χ2v) is 3.63. The maximum Gasteiger partial charge on any atom is 0.250 e. The summed E-state index contributed by atoms with van der Waals surface area (Å²) in [6.45, 7) is 0.683. The van der Waals surface area contributed by atoms with Crippen molar-refractivity contribution in [2.75, 3.05) is 32.2 Å². The molecule has 0 heterocycles. The summed E-state index contributed by atoms with van der Waals surface area (Å²) in [6.07, 6.45) is 0. The average molecular weight is 262 g/mol. The Kier molecular flexibility index (Phi) is 5.90. The van der Waals surface area contributed by atoms with Gasteiger partial charge in [-0.15, -0.1) is 0 Å². The summed E-state index contributed by atoms with van der Waals surface area (Å²) >= 11 is 5.57. The molecule has 0 saturated carbocycles. The number of halogens is 2. The standard InChI is InChI=1S/C11H13ClFNO3/c1-16-4-5-17-7-11(15)14-8-2-3-10(13)9(12)6-8/h2-3,6H,4-5,7H2,1H3,(H,14,15).